The molecular weight excluding hydrogens is 331 g/mol. The molecule has 0 atom stereocenters. The highest BCUT2D eigenvalue weighted by molar-refractivity contribution is 9.10. The van der Waals surface area contributed by atoms with Crippen molar-refractivity contribution in [1.82, 2.24) is 4.98 Å². The molecule has 0 spiro atoms. The molecule has 0 aliphatic carbocycles. The summed E-state index contributed by atoms with van der Waals surface area (Å²) in [5, 5.41) is 0.192. The van der Waals surface area contributed by atoms with Crippen LogP contribution in [0, 0.1) is 0 Å². The van der Waals surface area contributed by atoms with E-state index in [1.807, 2.05) is 0 Å². The first-order valence-electron chi connectivity index (χ1n) is 3.39. The van der Waals surface area contributed by atoms with Crippen LogP contribution in [0.1, 0.15) is 5.69 Å². The molecule has 0 bridgehead atoms. The minimum Gasteiger partial charge on any atom is -0.404 e. The Morgan fingerprint density at radius 3 is 2.50 bits per heavy atom. The van der Waals surface area contributed by atoms with Gasteiger partial charge in [-0.3, -0.25) is 0 Å². The molecule has 1 rings (SSSR count). The predicted molar refractivity (Wildman–Crippen MR) is 51.3 cm³/mol. The topological polar surface area (TPSA) is 22.1 Å². The van der Waals surface area contributed by atoms with Crippen LogP contribution >= 0.6 is 31.9 Å². The summed E-state index contributed by atoms with van der Waals surface area (Å²) < 4.78 is 39.9. The Labute approximate surface area is 94.7 Å². The van der Waals surface area contributed by atoms with E-state index >= 15 is 0 Å². The molecule has 0 saturated heterocycles. The van der Waals surface area contributed by atoms with E-state index in [1.54, 1.807) is 0 Å². The number of rotatable bonds is 2. The van der Waals surface area contributed by atoms with Crippen molar-refractivity contribution in [2.75, 3.05) is 0 Å². The van der Waals surface area contributed by atoms with E-state index in [2.05, 4.69) is 41.6 Å². The smallest absolute Gasteiger partial charge is 0.404 e. The lowest BCUT2D eigenvalue weighted by Gasteiger charge is -2.11. The molecule has 2 nitrogen and oxygen atoms in total. The molecule has 0 amide bonds. The van der Waals surface area contributed by atoms with Gasteiger partial charge in [0.1, 0.15) is 4.60 Å². The fraction of sp³-hybridized carbons (Fsp3) is 0.286. The van der Waals surface area contributed by atoms with E-state index in [4.69, 9.17) is 0 Å². The van der Waals surface area contributed by atoms with Gasteiger partial charge in [-0.05, 0) is 28.1 Å². The van der Waals surface area contributed by atoms with Gasteiger partial charge in [-0.2, -0.15) is 0 Å². The van der Waals surface area contributed by atoms with Crippen LogP contribution in [0.2, 0.25) is 0 Å². The zero-order valence-corrected chi connectivity index (χ0v) is 9.78. The number of hydrogen-bond acceptors (Lipinski definition) is 2. The molecule has 0 unspecified atom stereocenters. The van der Waals surface area contributed by atoms with Gasteiger partial charge in [0.15, 0.2) is 5.75 Å². The first kappa shape index (κ1) is 11.8. The molecule has 1 aromatic heterocycles. The van der Waals surface area contributed by atoms with Crippen LogP contribution < -0.4 is 4.74 Å². The molecular formula is C7H4Br2F3NO. The molecule has 0 aliphatic rings. The van der Waals surface area contributed by atoms with Crippen molar-refractivity contribution in [2.45, 2.75) is 11.7 Å². The highest BCUT2D eigenvalue weighted by Gasteiger charge is 2.32. The van der Waals surface area contributed by atoms with Gasteiger partial charge in [0.05, 0.1) is 5.69 Å². The Morgan fingerprint density at radius 2 is 2.00 bits per heavy atom. The summed E-state index contributed by atoms with van der Waals surface area (Å²) in [5.41, 5.74) is 0.191. The van der Waals surface area contributed by atoms with Gasteiger partial charge in [-0.25, -0.2) is 4.98 Å². The fourth-order valence-electron chi connectivity index (χ4n) is 0.775. The van der Waals surface area contributed by atoms with Crippen molar-refractivity contribution >= 4 is 31.9 Å². The number of nitrogens with zero attached hydrogens (tertiary/aromatic N) is 1. The molecule has 78 valence electrons. The summed E-state index contributed by atoms with van der Waals surface area (Å²) in [6.45, 7) is 0. The molecule has 14 heavy (non-hydrogen) atoms. The minimum absolute atomic E-state index is 0.191. The molecule has 0 aliphatic heterocycles. The third-order valence-corrected chi connectivity index (χ3v) is 2.22. The summed E-state index contributed by atoms with van der Waals surface area (Å²) in [4.78, 5) is 3.82. The SMILES string of the molecule is FC(F)(F)Oc1ccc(Br)nc1CBr. The van der Waals surface area contributed by atoms with E-state index in [1.165, 1.54) is 12.1 Å². The van der Waals surface area contributed by atoms with E-state index in [0.29, 0.717) is 4.60 Å². The molecule has 0 fully saturated rings. The number of aromatic nitrogens is 1. The molecule has 7 heteroatoms. The van der Waals surface area contributed by atoms with E-state index in [0.717, 1.165) is 0 Å². The largest absolute Gasteiger partial charge is 0.573 e. The average molecular weight is 335 g/mol. The number of pyridine rings is 1. The van der Waals surface area contributed by atoms with Gasteiger partial charge >= 0.3 is 6.36 Å². The third-order valence-electron chi connectivity index (χ3n) is 1.25. The Kier molecular flexibility index (Phi) is 3.77. The summed E-state index contributed by atoms with van der Waals surface area (Å²) in [6.07, 6.45) is -4.69. The Bertz CT molecular complexity index is 329. The van der Waals surface area contributed by atoms with Gasteiger partial charge in [0.2, 0.25) is 0 Å². The molecule has 0 aromatic carbocycles. The predicted octanol–water partition coefficient (Wildman–Crippen LogP) is 3.64. The molecule has 0 N–H and O–H groups in total. The standard InChI is InChI=1S/C7H4Br2F3NO/c8-3-4-5(14-7(10,11)12)1-2-6(9)13-4/h1-2H,3H2. The fourth-order valence-corrected chi connectivity index (χ4v) is 1.52. The molecule has 0 radical (unpaired) electrons. The van der Waals surface area contributed by atoms with Crippen LogP contribution in [0.4, 0.5) is 13.2 Å². The highest BCUT2D eigenvalue weighted by atomic mass is 79.9. The van der Waals surface area contributed by atoms with Crippen molar-refractivity contribution in [3.63, 3.8) is 0 Å². The Morgan fingerprint density at radius 1 is 1.36 bits per heavy atom. The number of halogens is 5. The second kappa shape index (κ2) is 4.48. The summed E-state index contributed by atoms with van der Waals surface area (Å²) in [6, 6.07) is 2.59. The van der Waals surface area contributed by atoms with Gasteiger partial charge in [0.25, 0.3) is 0 Å². The molecule has 1 heterocycles. The van der Waals surface area contributed by atoms with Crippen molar-refractivity contribution in [2.24, 2.45) is 0 Å². The van der Waals surface area contributed by atoms with E-state index in [9.17, 15) is 13.2 Å². The molecule has 0 saturated carbocycles. The van der Waals surface area contributed by atoms with Crippen molar-refractivity contribution in [1.29, 1.82) is 0 Å². The van der Waals surface area contributed by atoms with Crippen molar-refractivity contribution < 1.29 is 17.9 Å². The van der Waals surface area contributed by atoms with Crippen LogP contribution in [0.15, 0.2) is 16.7 Å². The summed E-state index contributed by atoms with van der Waals surface area (Å²) >= 11 is 6.07. The number of hydrogen-bond donors (Lipinski definition) is 0. The van der Waals surface area contributed by atoms with Crippen molar-refractivity contribution in [3.8, 4) is 5.75 Å². The van der Waals surface area contributed by atoms with Gasteiger partial charge < -0.3 is 4.74 Å². The lowest BCUT2D eigenvalue weighted by molar-refractivity contribution is -0.275. The zero-order valence-electron chi connectivity index (χ0n) is 6.61. The van der Waals surface area contributed by atoms with Gasteiger partial charge in [-0.15, -0.1) is 13.2 Å². The molecule has 1 aromatic rings. The van der Waals surface area contributed by atoms with Crippen LogP contribution in [0.5, 0.6) is 5.75 Å². The van der Waals surface area contributed by atoms with E-state index < -0.39 is 6.36 Å². The number of ether oxygens (including phenoxy) is 1. The normalized spacial score (nSPS) is 11.5. The maximum atomic E-state index is 11.9. The maximum absolute atomic E-state index is 11.9. The Hall–Kier alpha value is -0.300. The van der Waals surface area contributed by atoms with Crippen LogP contribution in [0.3, 0.4) is 0 Å². The lowest BCUT2D eigenvalue weighted by Crippen LogP contribution is -2.18. The van der Waals surface area contributed by atoms with Gasteiger partial charge in [0, 0.05) is 5.33 Å². The summed E-state index contributed by atoms with van der Waals surface area (Å²) in [5.74, 6) is -0.294. The van der Waals surface area contributed by atoms with Crippen LogP contribution in [-0.2, 0) is 5.33 Å². The zero-order chi connectivity index (χ0) is 10.8. The number of alkyl halides is 4. The first-order chi connectivity index (χ1) is 6.42. The Balaban J connectivity index is 2.97. The summed E-state index contributed by atoms with van der Waals surface area (Å²) in [7, 11) is 0. The van der Waals surface area contributed by atoms with Crippen molar-refractivity contribution in [3.05, 3.63) is 22.4 Å². The average Bonchev–Trinajstić information content (AvgIpc) is 2.06. The van der Waals surface area contributed by atoms with Gasteiger partial charge in [-0.1, -0.05) is 15.9 Å². The van der Waals surface area contributed by atoms with E-state index in [-0.39, 0.29) is 16.8 Å². The lowest BCUT2D eigenvalue weighted by atomic mass is 10.3. The maximum Gasteiger partial charge on any atom is 0.573 e. The third kappa shape index (κ3) is 3.45. The monoisotopic (exact) mass is 333 g/mol. The quantitative estimate of drug-likeness (QED) is 0.608. The minimum atomic E-state index is -4.69. The second-order valence-electron chi connectivity index (χ2n) is 2.26. The first-order valence-corrected chi connectivity index (χ1v) is 5.31. The second-order valence-corrected chi connectivity index (χ2v) is 3.63. The van der Waals surface area contributed by atoms with Crippen LogP contribution in [0.25, 0.3) is 0 Å². The van der Waals surface area contributed by atoms with Crippen LogP contribution in [-0.4, -0.2) is 11.3 Å². The highest BCUT2D eigenvalue weighted by Crippen LogP contribution is 2.27.